The third-order valence-electron chi connectivity index (χ3n) is 8.79. The third-order valence-corrected chi connectivity index (χ3v) is 8.79. The molecule has 1 atom stereocenters. The van der Waals surface area contributed by atoms with Gasteiger partial charge in [-0.2, -0.15) is 5.10 Å². The summed E-state index contributed by atoms with van der Waals surface area (Å²) in [5.41, 5.74) is 4.16. The molecular formula is C31H38N10O2. The van der Waals surface area contributed by atoms with Crippen LogP contribution in [0.3, 0.4) is 0 Å². The number of anilines is 2. The molecule has 3 N–H and O–H groups in total. The number of nitrogens with two attached hydrogens (primary N) is 1. The second-order valence-corrected chi connectivity index (χ2v) is 12.1. The highest BCUT2D eigenvalue weighted by Crippen LogP contribution is 2.39. The van der Waals surface area contributed by atoms with E-state index in [1.54, 1.807) is 17.4 Å². The number of nitrogens with zero attached hydrogens (tertiary/aromatic N) is 8. The van der Waals surface area contributed by atoms with Crippen molar-refractivity contribution in [3.63, 3.8) is 0 Å². The fourth-order valence-corrected chi connectivity index (χ4v) is 6.44. The Balaban J connectivity index is 1.34. The van der Waals surface area contributed by atoms with E-state index in [2.05, 4.69) is 43.4 Å². The largest absolute Gasteiger partial charge is 0.379 e. The van der Waals surface area contributed by atoms with Crippen LogP contribution in [0.4, 0.5) is 11.6 Å². The van der Waals surface area contributed by atoms with Gasteiger partial charge in [0.2, 0.25) is 6.54 Å². The lowest BCUT2D eigenvalue weighted by molar-refractivity contribution is -0.0611. The number of benzene rings is 1. The van der Waals surface area contributed by atoms with Crippen molar-refractivity contribution in [3.8, 4) is 0 Å². The summed E-state index contributed by atoms with van der Waals surface area (Å²) in [6.07, 6.45) is 6.42. The van der Waals surface area contributed by atoms with Crippen LogP contribution >= 0.6 is 0 Å². The van der Waals surface area contributed by atoms with Gasteiger partial charge in [0.15, 0.2) is 0 Å². The number of fused-ring (bicyclic) bond motifs is 1. The van der Waals surface area contributed by atoms with Gasteiger partial charge in [-0.15, -0.1) is 10.2 Å². The molecule has 0 aliphatic carbocycles. The van der Waals surface area contributed by atoms with Gasteiger partial charge in [-0.1, -0.05) is 6.92 Å². The van der Waals surface area contributed by atoms with E-state index in [0.717, 1.165) is 47.7 Å². The fraction of sp³-hybridized carbons (Fsp3) is 0.484. The zero-order valence-electron chi connectivity index (χ0n) is 24.8. The number of amides is 1. The van der Waals surface area contributed by atoms with Crippen LogP contribution in [0.15, 0.2) is 35.7 Å². The summed E-state index contributed by atoms with van der Waals surface area (Å²) < 4.78 is 7.65. The van der Waals surface area contributed by atoms with Crippen molar-refractivity contribution in [1.82, 2.24) is 24.6 Å². The molecule has 2 aromatic heterocycles. The molecule has 1 aromatic carbocycles. The van der Waals surface area contributed by atoms with E-state index in [0.29, 0.717) is 62.4 Å². The molecule has 5 heterocycles. The quantitative estimate of drug-likeness (QED) is 0.123. The van der Waals surface area contributed by atoms with Crippen LogP contribution in [0.5, 0.6) is 0 Å². The first-order valence-corrected chi connectivity index (χ1v) is 14.8. The van der Waals surface area contributed by atoms with E-state index in [9.17, 15) is 4.79 Å². The lowest BCUT2D eigenvalue weighted by atomic mass is 9.75. The minimum absolute atomic E-state index is 0.0977. The zero-order valence-corrected chi connectivity index (χ0v) is 24.8. The highest BCUT2D eigenvalue weighted by molar-refractivity contribution is 6.11. The molecule has 0 radical (unpaired) electrons. The summed E-state index contributed by atoms with van der Waals surface area (Å²) in [7, 11) is 1.93. The maximum Gasteiger partial charge on any atom is 0.260 e. The first kappa shape index (κ1) is 28.8. The predicted octanol–water partition coefficient (Wildman–Crippen LogP) is 2.74. The van der Waals surface area contributed by atoms with Gasteiger partial charge in [-0.3, -0.25) is 14.6 Å². The SMILES string of the molecule is [C-]#[N+]CCNc1cc(C2(Cc3nncn3C)COC2)cc(N2Cc3c(/C=N/N)cc(CN4CCC[C@H](C)C4)cc3C2=O)n1. The van der Waals surface area contributed by atoms with Crippen LogP contribution in [-0.2, 0) is 36.7 Å². The summed E-state index contributed by atoms with van der Waals surface area (Å²) in [6, 6.07) is 8.13. The average Bonchev–Trinajstić information content (AvgIpc) is 3.53. The van der Waals surface area contributed by atoms with Crippen molar-refractivity contribution in [2.45, 2.75) is 44.7 Å². The van der Waals surface area contributed by atoms with Crippen LogP contribution < -0.4 is 16.1 Å². The van der Waals surface area contributed by atoms with Gasteiger partial charge < -0.3 is 25.3 Å². The molecule has 224 valence electrons. The van der Waals surface area contributed by atoms with E-state index in [4.69, 9.17) is 22.1 Å². The number of aryl methyl sites for hydroxylation is 1. The number of pyridine rings is 1. The van der Waals surface area contributed by atoms with Crippen LogP contribution in [0, 0.1) is 12.5 Å². The van der Waals surface area contributed by atoms with E-state index in [1.165, 1.54) is 12.8 Å². The molecule has 3 aliphatic heterocycles. The number of ether oxygens (including phenoxy) is 1. The molecule has 6 rings (SSSR count). The molecule has 12 nitrogen and oxygen atoms in total. The van der Waals surface area contributed by atoms with Gasteiger partial charge in [0, 0.05) is 43.1 Å². The molecule has 0 unspecified atom stereocenters. The van der Waals surface area contributed by atoms with Crippen molar-refractivity contribution in [3.05, 3.63) is 75.7 Å². The van der Waals surface area contributed by atoms with Gasteiger partial charge in [0.25, 0.3) is 5.91 Å². The normalized spacial score (nSPS) is 19.8. The van der Waals surface area contributed by atoms with Crippen molar-refractivity contribution in [2.24, 2.45) is 23.9 Å². The van der Waals surface area contributed by atoms with Gasteiger partial charge in [-0.25, -0.2) is 11.6 Å². The van der Waals surface area contributed by atoms with Crippen molar-refractivity contribution >= 4 is 23.8 Å². The Kier molecular flexibility index (Phi) is 8.10. The summed E-state index contributed by atoms with van der Waals surface area (Å²) in [5, 5.41) is 15.5. The number of piperidine rings is 1. The molecule has 2 saturated heterocycles. The number of aromatic nitrogens is 4. The van der Waals surface area contributed by atoms with Gasteiger partial charge in [0.1, 0.15) is 23.8 Å². The smallest absolute Gasteiger partial charge is 0.260 e. The zero-order chi connectivity index (χ0) is 30.0. The maximum absolute atomic E-state index is 14.1. The topological polar surface area (TPSA) is 131 Å². The van der Waals surface area contributed by atoms with Crippen molar-refractivity contribution < 1.29 is 9.53 Å². The molecular weight excluding hydrogens is 544 g/mol. The van der Waals surface area contributed by atoms with E-state index >= 15 is 0 Å². The maximum atomic E-state index is 14.1. The van der Waals surface area contributed by atoms with E-state index in [-0.39, 0.29) is 11.3 Å². The molecule has 0 bridgehead atoms. The lowest BCUT2D eigenvalue weighted by Crippen LogP contribution is -2.49. The van der Waals surface area contributed by atoms with Gasteiger partial charge in [0.05, 0.1) is 32.5 Å². The molecule has 0 spiro atoms. The number of rotatable bonds is 10. The number of nitrogens with one attached hydrogen (secondary N) is 1. The molecule has 43 heavy (non-hydrogen) atoms. The minimum atomic E-state index is -0.333. The summed E-state index contributed by atoms with van der Waals surface area (Å²) in [5.74, 6) is 8.21. The minimum Gasteiger partial charge on any atom is -0.379 e. The molecule has 0 saturated carbocycles. The molecule has 3 aliphatic rings. The molecule has 12 heteroatoms. The number of carbonyl (C=O) groups excluding carboxylic acids is 1. The van der Waals surface area contributed by atoms with Gasteiger partial charge in [-0.05, 0) is 66.3 Å². The highest BCUT2D eigenvalue weighted by Gasteiger charge is 2.43. The van der Waals surface area contributed by atoms with Crippen molar-refractivity contribution in [2.75, 3.05) is 49.6 Å². The standard InChI is InChI=1S/C31H38N10O2/c1-21-5-4-8-40(15-21)16-22-9-23(14-35-32)26-17-41(30(42)25(26)10-22)28-12-24(11-27(37-28)34-7-6-33-2)31(18-43-19-31)13-29-38-36-20-39(29)3/h9-12,14,20-21H,4-8,13,15-19,32H2,1,3H3,(H,34,37)/b35-14+/t21-/m0/s1. The Morgan fingerprint density at radius 3 is 2.86 bits per heavy atom. The number of carbonyl (C=O) groups is 1. The van der Waals surface area contributed by atoms with Crippen LogP contribution in [0.2, 0.25) is 0 Å². The molecule has 3 aromatic rings. The first-order valence-electron chi connectivity index (χ1n) is 14.8. The lowest BCUT2D eigenvalue weighted by Gasteiger charge is -2.42. The van der Waals surface area contributed by atoms with E-state index < -0.39 is 0 Å². The first-order chi connectivity index (χ1) is 20.9. The predicted molar refractivity (Wildman–Crippen MR) is 164 cm³/mol. The summed E-state index contributed by atoms with van der Waals surface area (Å²) in [6.45, 7) is 14.5. The number of likely N-dealkylation sites (tertiary alicyclic amines) is 1. The second kappa shape index (κ2) is 12.1. The summed E-state index contributed by atoms with van der Waals surface area (Å²) in [4.78, 5) is 26.6. The van der Waals surface area contributed by atoms with Crippen LogP contribution in [0.25, 0.3) is 4.85 Å². The van der Waals surface area contributed by atoms with Crippen LogP contribution in [-0.4, -0.2) is 76.2 Å². The summed E-state index contributed by atoms with van der Waals surface area (Å²) >= 11 is 0. The molecule has 2 fully saturated rings. The van der Waals surface area contributed by atoms with E-state index in [1.807, 2.05) is 29.8 Å². The third kappa shape index (κ3) is 5.83. The van der Waals surface area contributed by atoms with Crippen molar-refractivity contribution in [1.29, 1.82) is 0 Å². The fourth-order valence-electron chi connectivity index (χ4n) is 6.44. The Labute approximate surface area is 251 Å². The number of hydrogen-bond acceptors (Lipinski definition) is 9. The Hall–Kier alpha value is -4.34. The Morgan fingerprint density at radius 1 is 1.30 bits per heavy atom. The molecule has 1 amide bonds. The number of hydrazone groups is 1. The average molecular weight is 583 g/mol. The number of hydrogen-bond donors (Lipinski definition) is 2. The Bertz CT molecular complexity index is 1570. The van der Waals surface area contributed by atoms with Gasteiger partial charge >= 0.3 is 0 Å². The second-order valence-electron chi connectivity index (χ2n) is 12.1. The monoisotopic (exact) mass is 582 g/mol. The highest BCUT2D eigenvalue weighted by atomic mass is 16.5. The Morgan fingerprint density at radius 2 is 2.16 bits per heavy atom. The van der Waals surface area contributed by atoms with Crippen LogP contribution in [0.1, 0.15) is 58.2 Å².